The molecule has 9 nitrogen and oxygen atoms in total. The van der Waals surface area contributed by atoms with Crippen LogP contribution in [0.1, 0.15) is 39.7 Å². The van der Waals surface area contributed by atoms with Crippen LogP contribution in [0.15, 0.2) is 52.4 Å². The summed E-state index contributed by atoms with van der Waals surface area (Å²) in [4.78, 5) is 35.5. The number of nitrogens with one attached hydrogen (secondary N) is 2. The Kier molecular flexibility index (Phi) is 5.63. The Labute approximate surface area is 172 Å². The fraction of sp³-hybridized carbons (Fsp3) is 0.190. The first-order chi connectivity index (χ1) is 14.2. The summed E-state index contributed by atoms with van der Waals surface area (Å²) in [5.74, 6) is -0.610. The third-order valence-corrected chi connectivity index (χ3v) is 4.83. The van der Waals surface area contributed by atoms with Crippen LogP contribution in [0.3, 0.4) is 0 Å². The van der Waals surface area contributed by atoms with Gasteiger partial charge in [-0.3, -0.25) is 24.8 Å². The van der Waals surface area contributed by atoms with Crippen LogP contribution < -0.4 is 11.0 Å². The van der Waals surface area contributed by atoms with Gasteiger partial charge in [0.15, 0.2) is 0 Å². The fourth-order valence-electron chi connectivity index (χ4n) is 3.03. The maximum Gasteiger partial charge on any atom is 0.280 e. The van der Waals surface area contributed by atoms with Gasteiger partial charge in [0, 0.05) is 23.4 Å². The van der Waals surface area contributed by atoms with E-state index in [9.17, 15) is 19.7 Å². The first-order valence-corrected chi connectivity index (χ1v) is 9.17. The number of nitrogens with zero attached hydrogens (tertiary/aromatic N) is 3. The van der Waals surface area contributed by atoms with Crippen molar-refractivity contribution in [3.63, 3.8) is 0 Å². The van der Waals surface area contributed by atoms with Gasteiger partial charge in [0.25, 0.3) is 17.2 Å². The highest BCUT2D eigenvalue weighted by Gasteiger charge is 2.16. The number of amides is 1. The van der Waals surface area contributed by atoms with Gasteiger partial charge >= 0.3 is 0 Å². The molecule has 0 aliphatic rings. The number of non-ortho nitro benzene ring substituents is 1. The Morgan fingerprint density at radius 1 is 1.13 bits per heavy atom. The molecular formula is C21H21N5O4. The molecule has 0 bridgehead atoms. The summed E-state index contributed by atoms with van der Waals surface area (Å²) in [5, 5.41) is 17.9. The molecule has 0 unspecified atom stereocenters. The van der Waals surface area contributed by atoms with E-state index in [1.165, 1.54) is 22.9 Å². The highest BCUT2D eigenvalue weighted by atomic mass is 16.6. The van der Waals surface area contributed by atoms with Crippen molar-refractivity contribution in [3.8, 4) is 5.69 Å². The van der Waals surface area contributed by atoms with Gasteiger partial charge in [0.05, 0.1) is 21.9 Å². The van der Waals surface area contributed by atoms with Crippen LogP contribution >= 0.6 is 0 Å². The smallest absolute Gasteiger partial charge is 0.280 e. The third-order valence-electron chi connectivity index (χ3n) is 4.83. The molecule has 0 fully saturated rings. The number of benzene rings is 2. The van der Waals surface area contributed by atoms with E-state index >= 15 is 0 Å². The van der Waals surface area contributed by atoms with Crippen LogP contribution in [0.2, 0.25) is 0 Å². The van der Waals surface area contributed by atoms with Gasteiger partial charge < -0.3 is 0 Å². The fourth-order valence-corrected chi connectivity index (χ4v) is 3.03. The monoisotopic (exact) mass is 407 g/mol. The molecule has 3 aromatic rings. The van der Waals surface area contributed by atoms with E-state index in [-0.39, 0.29) is 16.8 Å². The van der Waals surface area contributed by atoms with E-state index in [0.717, 1.165) is 17.2 Å². The molecule has 9 heteroatoms. The van der Waals surface area contributed by atoms with Crippen molar-refractivity contribution in [2.75, 3.05) is 0 Å². The zero-order chi connectivity index (χ0) is 22.0. The summed E-state index contributed by atoms with van der Waals surface area (Å²) >= 11 is 0. The molecule has 2 N–H and O–H groups in total. The predicted molar refractivity (Wildman–Crippen MR) is 113 cm³/mol. The molecule has 2 aromatic carbocycles. The zero-order valence-electron chi connectivity index (χ0n) is 17.0. The molecule has 0 saturated carbocycles. The third kappa shape index (κ3) is 4.04. The molecule has 0 atom stereocenters. The highest BCUT2D eigenvalue weighted by molar-refractivity contribution is 6.01. The molecule has 30 heavy (non-hydrogen) atoms. The zero-order valence-corrected chi connectivity index (χ0v) is 17.0. The van der Waals surface area contributed by atoms with Crippen LogP contribution in [0.4, 0.5) is 5.69 Å². The number of H-pyrrole nitrogens is 1. The lowest BCUT2D eigenvalue weighted by molar-refractivity contribution is -0.384. The number of hydrogen-bond acceptors (Lipinski definition) is 5. The van der Waals surface area contributed by atoms with E-state index < -0.39 is 10.8 Å². The quantitative estimate of drug-likeness (QED) is 0.383. The molecule has 3 rings (SSSR count). The lowest BCUT2D eigenvalue weighted by atomic mass is 10.1. The number of carbonyl (C=O) groups is 1. The van der Waals surface area contributed by atoms with Gasteiger partial charge in [-0.2, -0.15) is 5.10 Å². The number of nitro benzene ring substituents is 1. The van der Waals surface area contributed by atoms with Gasteiger partial charge in [0.2, 0.25) is 0 Å². The number of rotatable bonds is 5. The summed E-state index contributed by atoms with van der Waals surface area (Å²) in [6.45, 7) is 7.32. The van der Waals surface area contributed by atoms with Crippen LogP contribution in [-0.4, -0.2) is 26.3 Å². The van der Waals surface area contributed by atoms with Gasteiger partial charge in [-0.15, -0.1) is 0 Å². The molecular weight excluding hydrogens is 386 g/mol. The average Bonchev–Trinajstić information content (AvgIpc) is 3.02. The second kappa shape index (κ2) is 8.16. The molecule has 0 aliphatic heterocycles. The number of hydrazone groups is 1. The Balaban J connectivity index is 1.88. The van der Waals surface area contributed by atoms with E-state index in [0.29, 0.717) is 22.7 Å². The molecule has 1 amide bonds. The molecule has 0 aliphatic carbocycles. The summed E-state index contributed by atoms with van der Waals surface area (Å²) in [6, 6.07) is 11.0. The van der Waals surface area contributed by atoms with Crippen LogP contribution in [0.5, 0.6) is 0 Å². The summed E-state index contributed by atoms with van der Waals surface area (Å²) in [7, 11) is 0. The Hall–Kier alpha value is -4.01. The van der Waals surface area contributed by atoms with Crippen LogP contribution in [0, 0.1) is 30.9 Å². The summed E-state index contributed by atoms with van der Waals surface area (Å²) in [5.41, 5.74) is 6.10. The van der Waals surface area contributed by atoms with Crippen LogP contribution in [-0.2, 0) is 0 Å². The van der Waals surface area contributed by atoms with Crippen LogP contribution in [0.25, 0.3) is 5.69 Å². The lowest BCUT2D eigenvalue weighted by Crippen LogP contribution is -2.23. The number of aromatic nitrogens is 2. The van der Waals surface area contributed by atoms with Crippen molar-refractivity contribution in [2.24, 2.45) is 5.10 Å². The van der Waals surface area contributed by atoms with Gasteiger partial charge in [-0.05, 0) is 57.0 Å². The van der Waals surface area contributed by atoms with Crippen molar-refractivity contribution in [1.29, 1.82) is 0 Å². The lowest BCUT2D eigenvalue weighted by Gasteiger charge is -2.05. The predicted octanol–water partition coefficient (Wildman–Crippen LogP) is 3.15. The van der Waals surface area contributed by atoms with Crippen molar-refractivity contribution in [3.05, 3.63) is 90.9 Å². The van der Waals surface area contributed by atoms with Gasteiger partial charge in [-0.1, -0.05) is 12.1 Å². The normalized spacial score (nSPS) is 11.4. The Morgan fingerprint density at radius 3 is 2.53 bits per heavy atom. The number of carbonyl (C=O) groups excluding carboxylic acids is 1. The maximum atomic E-state index is 12.9. The molecule has 0 spiro atoms. The number of aromatic amines is 1. The molecule has 0 saturated heterocycles. The topological polar surface area (TPSA) is 122 Å². The first kappa shape index (κ1) is 20.7. The van der Waals surface area contributed by atoms with Crippen molar-refractivity contribution in [2.45, 2.75) is 27.7 Å². The van der Waals surface area contributed by atoms with Gasteiger partial charge in [0.1, 0.15) is 0 Å². The highest BCUT2D eigenvalue weighted by Crippen LogP contribution is 2.14. The van der Waals surface area contributed by atoms with Crippen molar-refractivity contribution in [1.82, 2.24) is 15.2 Å². The van der Waals surface area contributed by atoms with E-state index in [1.54, 1.807) is 13.8 Å². The van der Waals surface area contributed by atoms with Crippen molar-refractivity contribution < 1.29 is 9.72 Å². The SMILES string of the molecule is CC(=NNC(=O)c1cccc([N+](=O)[O-])c1)c1c(C)[nH]n(-c2ccc(C)c(C)c2)c1=O. The maximum absolute atomic E-state index is 12.9. The summed E-state index contributed by atoms with van der Waals surface area (Å²) in [6.07, 6.45) is 0. The number of hydrogen-bond donors (Lipinski definition) is 2. The number of nitro groups is 1. The molecule has 1 heterocycles. The molecule has 1 aromatic heterocycles. The minimum atomic E-state index is -0.610. The van der Waals surface area contributed by atoms with E-state index in [1.807, 2.05) is 32.0 Å². The average molecular weight is 407 g/mol. The van der Waals surface area contributed by atoms with Crippen molar-refractivity contribution >= 4 is 17.3 Å². The Morgan fingerprint density at radius 2 is 1.87 bits per heavy atom. The second-order valence-corrected chi connectivity index (χ2v) is 6.97. The molecule has 154 valence electrons. The largest absolute Gasteiger partial charge is 0.295 e. The van der Waals surface area contributed by atoms with E-state index in [4.69, 9.17) is 0 Å². The minimum absolute atomic E-state index is 0.0964. The first-order valence-electron chi connectivity index (χ1n) is 9.17. The second-order valence-electron chi connectivity index (χ2n) is 6.97. The summed E-state index contributed by atoms with van der Waals surface area (Å²) < 4.78 is 1.43. The number of aryl methyl sites for hydroxylation is 3. The standard InChI is InChI=1S/C21H21N5O4/c1-12-8-9-17(10-13(12)2)25-21(28)19(15(4)24-25)14(3)22-23-20(27)16-6-5-7-18(11-16)26(29)30/h5-11,24H,1-4H3,(H,23,27). The Bertz CT molecular complexity index is 1240. The van der Waals surface area contributed by atoms with Gasteiger partial charge in [-0.25, -0.2) is 10.1 Å². The minimum Gasteiger partial charge on any atom is -0.295 e. The molecule has 0 radical (unpaired) electrons. The van der Waals surface area contributed by atoms with E-state index in [2.05, 4.69) is 15.6 Å².